The molecule has 8 heteroatoms. The molecular formula is C8H11N5O2S. The summed E-state index contributed by atoms with van der Waals surface area (Å²) in [5, 5.41) is 8.74. The number of fused-ring (bicyclic) bond motifs is 1. The molecular weight excluding hydrogens is 230 g/mol. The minimum absolute atomic E-state index is 0.320. The van der Waals surface area contributed by atoms with E-state index in [9.17, 15) is 4.79 Å². The minimum Gasteiger partial charge on any atom is -0.450 e. The first-order valence-corrected chi connectivity index (χ1v) is 5.89. The smallest absolute Gasteiger partial charge is 0.412 e. The van der Waals surface area contributed by atoms with Crippen LogP contribution in [-0.4, -0.2) is 39.1 Å². The molecule has 1 amide bonds. The molecule has 0 aromatic carbocycles. The summed E-state index contributed by atoms with van der Waals surface area (Å²) in [7, 11) is 0. The first-order chi connectivity index (χ1) is 7.74. The van der Waals surface area contributed by atoms with E-state index in [1.54, 1.807) is 6.92 Å². The zero-order valence-corrected chi connectivity index (χ0v) is 9.64. The molecule has 86 valence electrons. The number of anilines is 1. The standard InChI is InChI=1S/C8H11N5O2S/c1-3-15-8(14)11-5-4-6(13-12-4)10-7(9-5)16-2/h12H,3H2,1-2H3,(H2,9,10,11,13,14). The van der Waals surface area contributed by atoms with E-state index >= 15 is 0 Å². The molecule has 0 saturated heterocycles. The summed E-state index contributed by atoms with van der Waals surface area (Å²) in [6, 6.07) is 0. The molecule has 0 spiro atoms. The van der Waals surface area contributed by atoms with Gasteiger partial charge in [0.2, 0.25) is 0 Å². The van der Waals surface area contributed by atoms with Gasteiger partial charge in [-0.15, -0.1) is 0 Å². The second-order valence-electron chi connectivity index (χ2n) is 2.88. The Labute approximate surface area is 95.3 Å². The Morgan fingerprint density at radius 3 is 2.88 bits per heavy atom. The van der Waals surface area contributed by atoms with Gasteiger partial charge in [-0.25, -0.2) is 14.8 Å². The molecule has 2 aromatic rings. The lowest BCUT2D eigenvalue weighted by molar-refractivity contribution is 0.168. The highest BCUT2D eigenvalue weighted by Gasteiger charge is 2.13. The molecule has 0 saturated carbocycles. The maximum Gasteiger partial charge on any atom is 0.412 e. The Bertz CT molecular complexity index is 505. The number of rotatable bonds is 3. The Morgan fingerprint density at radius 2 is 2.31 bits per heavy atom. The van der Waals surface area contributed by atoms with Crippen molar-refractivity contribution in [3.05, 3.63) is 0 Å². The third kappa shape index (κ3) is 1.96. The maximum absolute atomic E-state index is 11.3. The molecule has 0 atom stereocenters. The summed E-state index contributed by atoms with van der Waals surface area (Å²) in [6.07, 6.45) is 1.34. The van der Waals surface area contributed by atoms with Crippen molar-refractivity contribution >= 4 is 34.8 Å². The van der Waals surface area contributed by atoms with Gasteiger partial charge in [0, 0.05) is 0 Å². The van der Waals surface area contributed by atoms with E-state index in [4.69, 9.17) is 4.74 Å². The van der Waals surface area contributed by atoms with Crippen LogP contribution in [0.15, 0.2) is 5.16 Å². The van der Waals surface area contributed by atoms with Gasteiger partial charge in [0.05, 0.1) is 6.61 Å². The molecule has 16 heavy (non-hydrogen) atoms. The summed E-state index contributed by atoms with van der Waals surface area (Å²) in [5.74, 6) is 0.423. The maximum atomic E-state index is 11.3. The third-order valence-corrected chi connectivity index (χ3v) is 2.42. The average molecular weight is 241 g/mol. The van der Waals surface area contributed by atoms with Crippen molar-refractivity contribution in [3.8, 4) is 0 Å². The van der Waals surface area contributed by atoms with Crippen LogP contribution >= 0.6 is 11.8 Å². The monoisotopic (exact) mass is 241 g/mol. The molecule has 0 unspecified atom stereocenters. The molecule has 3 N–H and O–H groups in total. The van der Waals surface area contributed by atoms with Crippen LogP contribution < -0.4 is 5.32 Å². The van der Waals surface area contributed by atoms with Crippen LogP contribution in [-0.2, 0) is 4.74 Å². The SMILES string of the molecule is CCOC(=O)Nc1nc(SC)nc2[nH][nH]c12. The van der Waals surface area contributed by atoms with Crippen molar-refractivity contribution in [1.82, 2.24) is 20.2 Å². The number of nitrogens with zero attached hydrogens (tertiary/aromatic N) is 2. The van der Waals surface area contributed by atoms with Gasteiger partial charge in [0.1, 0.15) is 5.52 Å². The number of thioether (sulfide) groups is 1. The van der Waals surface area contributed by atoms with E-state index in [1.165, 1.54) is 11.8 Å². The molecule has 2 heterocycles. The summed E-state index contributed by atoms with van der Waals surface area (Å²) in [4.78, 5) is 19.6. The minimum atomic E-state index is -0.524. The topological polar surface area (TPSA) is 95.7 Å². The molecule has 2 aromatic heterocycles. The van der Waals surface area contributed by atoms with Crippen molar-refractivity contribution < 1.29 is 9.53 Å². The van der Waals surface area contributed by atoms with Gasteiger partial charge in [-0.05, 0) is 13.2 Å². The number of ether oxygens (including phenoxy) is 1. The van der Waals surface area contributed by atoms with Gasteiger partial charge in [-0.2, -0.15) is 0 Å². The van der Waals surface area contributed by atoms with E-state index < -0.39 is 6.09 Å². The zero-order chi connectivity index (χ0) is 11.5. The number of hydrogen-bond donors (Lipinski definition) is 3. The number of carbonyl (C=O) groups is 1. The first kappa shape index (κ1) is 10.8. The Kier molecular flexibility index (Phi) is 3.00. The van der Waals surface area contributed by atoms with Gasteiger partial charge in [-0.1, -0.05) is 11.8 Å². The van der Waals surface area contributed by atoms with Gasteiger partial charge < -0.3 is 4.74 Å². The van der Waals surface area contributed by atoms with Gasteiger partial charge in [-0.3, -0.25) is 15.5 Å². The number of aromatic amines is 2. The second kappa shape index (κ2) is 4.44. The highest BCUT2D eigenvalue weighted by molar-refractivity contribution is 7.98. The van der Waals surface area contributed by atoms with Crippen molar-refractivity contribution in [2.45, 2.75) is 12.1 Å². The highest BCUT2D eigenvalue weighted by atomic mass is 32.2. The Balaban J connectivity index is 2.25. The predicted octanol–water partition coefficient (Wildman–Crippen LogP) is 1.58. The van der Waals surface area contributed by atoms with Crippen LogP contribution in [0.3, 0.4) is 0 Å². The fourth-order valence-corrected chi connectivity index (χ4v) is 1.52. The van der Waals surface area contributed by atoms with Gasteiger partial charge >= 0.3 is 6.09 Å². The largest absolute Gasteiger partial charge is 0.450 e. The lowest BCUT2D eigenvalue weighted by atomic mass is 10.4. The molecule has 0 aliphatic rings. The quantitative estimate of drug-likeness (QED) is 0.560. The summed E-state index contributed by atoms with van der Waals surface area (Å²) >= 11 is 1.40. The molecule has 0 fully saturated rings. The number of nitrogens with one attached hydrogen (secondary N) is 3. The van der Waals surface area contributed by atoms with E-state index in [1.807, 2.05) is 6.26 Å². The van der Waals surface area contributed by atoms with E-state index in [0.29, 0.717) is 28.7 Å². The van der Waals surface area contributed by atoms with Crippen LogP contribution in [0.25, 0.3) is 11.2 Å². The summed E-state index contributed by atoms with van der Waals surface area (Å²) in [6.45, 7) is 2.06. The molecule has 0 bridgehead atoms. The van der Waals surface area contributed by atoms with Crippen LogP contribution in [0.5, 0.6) is 0 Å². The van der Waals surface area contributed by atoms with Crippen molar-refractivity contribution in [3.63, 3.8) is 0 Å². The summed E-state index contributed by atoms with van der Waals surface area (Å²) in [5.41, 5.74) is 1.34. The fraction of sp³-hybridized carbons (Fsp3) is 0.375. The van der Waals surface area contributed by atoms with Crippen LogP contribution in [0.4, 0.5) is 10.6 Å². The fourth-order valence-electron chi connectivity index (χ4n) is 1.15. The van der Waals surface area contributed by atoms with Crippen LogP contribution in [0.1, 0.15) is 6.92 Å². The normalized spacial score (nSPS) is 10.6. The van der Waals surface area contributed by atoms with E-state index in [0.717, 1.165) is 0 Å². The van der Waals surface area contributed by atoms with Crippen LogP contribution in [0.2, 0.25) is 0 Å². The van der Waals surface area contributed by atoms with Crippen molar-refractivity contribution in [2.75, 3.05) is 18.2 Å². The van der Waals surface area contributed by atoms with Gasteiger partial charge in [0.25, 0.3) is 0 Å². The van der Waals surface area contributed by atoms with E-state index in [-0.39, 0.29) is 0 Å². The highest BCUT2D eigenvalue weighted by Crippen LogP contribution is 2.21. The lowest BCUT2D eigenvalue weighted by Gasteiger charge is -2.10. The molecule has 0 aliphatic heterocycles. The second-order valence-corrected chi connectivity index (χ2v) is 3.65. The van der Waals surface area contributed by atoms with Crippen LogP contribution in [0, 0.1) is 0 Å². The van der Waals surface area contributed by atoms with Crippen molar-refractivity contribution in [1.29, 1.82) is 0 Å². The Hall–Kier alpha value is -1.70. The number of aromatic nitrogens is 4. The zero-order valence-electron chi connectivity index (χ0n) is 8.83. The van der Waals surface area contributed by atoms with E-state index in [2.05, 4.69) is 25.5 Å². The molecule has 7 nitrogen and oxygen atoms in total. The lowest BCUT2D eigenvalue weighted by Crippen LogP contribution is -2.16. The molecule has 0 aliphatic carbocycles. The number of hydrogen-bond acceptors (Lipinski definition) is 5. The average Bonchev–Trinajstić information content (AvgIpc) is 2.21. The number of amides is 1. The third-order valence-electron chi connectivity index (χ3n) is 1.87. The molecule has 2 rings (SSSR count). The molecule has 0 radical (unpaired) electrons. The number of H-pyrrole nitrogens is 2. The first-order valence-electron chi connectivity index (χ1n) is 4.66. The summed E-state index contributed by atoms with van der Waals surface area (Å²) < 4.78 is 4.77. The van der Waals surface area contributed by atoms with Crippen molar-refractivity contribution in [2.24, 2.45) is 0 Å². The number of carbonyl (C=O) groups excluding carboxylic acids is 1. The van der Waals surface area contributed by atoms with Gasteiger partial charge in [0.15, 0.2) is 16.6 Å². The Morgan fingerprint density at radius 1 is 1.50 bits per heavy atom. The predicted molar refractivity (Wildman–Crippen MR) is 60.7 cm³/mol.